The highest BCUT2D eigenvalue weighted by atomic mass is 16.5. The van der Waals surface area contributed by atoms with Crippen molar-refractivity contribution < 1.29 is 19.4 Å². The fraction of sp³-hybridized carbons (Fsp3) is 0.333. The number of rotatable bonds is 0. The molecule has 19 heavy (non-hydrogen) atoms. The van der Waals surface area contributed by atoms with Crippen molar-refractivity contribution in [2.45, 2.75) is 25.4 Å². The highest BCUT2D eigenvalue weighted by Gasteiger charge is 2.15. The van der Waals surface area contributed by atoms with E-state index >= 15 is 0 Å². The summed E-state index contributed by atoms with van der Waals surface area (Å²) >= 11 is 0. The predicted molar refractivity (Wildman–Crippen MR) is 69.8 cm³/mol. The predicted octanol–water partition coefficient (Wildman–Crippen LogP) is 1.67. The zero-order valence-corrected chi connectivity index (χ0v) is 10.5. The summed E-state index contributed by atoms with van der Waals surface area (Å²) < 4.78 is 5.11. The first-order valence-electron chi connectivity index (χ1n) is 6.29. The topological polar surface area (TPSA) is 63.6 Å². The lowest BCUT2D eigenvalue weighted by atomic mass is 10.0. The van der Waals surface area contributed by atoms with E-state index in [1.807, 2.05) is 12.1 Å². The van der Waals surface area contributed by atoms with Gasteiger partial charge in [-0.25, -0.2) is 4.79 Å². The zero-order chi connectivity index (χ0) is 13.7. The number of hydrogen-bond acceptors (Lipinski definition) is 4. The SMILES string of the molecule is O=C1/C=C/Cc2ccccc2C(=O)OCCC(O)C1. The third-order valence-corrected chi connectivity index (χ3v) is 3.00. The molecule has 0 amide bonds. The number of hydrogen-bond donors (Lipinski definition) is 1. The van der Waals surface area contributed by atoms with E-state index in [1.165, 1.54) is 6.08 Å². The molecule has 0 saturated carbocycles. The minimum atomic E-state index is -0.764. The maximum atomic E-state index is 11.9. The molecule has 0 fully saturated rings. The second kappa shape index (κ2) is 6.29. The first-order chi connectivity index (χ1) is 9.16. The number of aliphatic hydroxyl groups excluding tert-OH is 1. The summed E-state index contributed by atoms with van der Waals surface area (Å²) in [5.74, 6) is -0.500. The smallest absolute Gasteiger partial charge is 0.338 e. The van der Waals surface area contributed by atoms with Crippen LogP contribution in [0.2, 0.25) is 0 Å². The van der Waals surface area contributed by atoms with Gasteiger partial charge in [0.2, 0.25) is 0 Å². The molecule has 1 aromatic carbocycles. The first kappa shape index (κ1) is 13.5. The highest BCUT2D eigenvalue weighted by Crippen LogP contribution is 2.13. The van der Waals surface area contributed by atoms with Gasteiger partial charge in [0.25, 0.3) is 0 Å². The number of allylic oxidation sites excluding steroid dienone is 2. The Morgan fingerprint density at radius 1 is 1.21 bits per heavy atom. The van der Waals surface area contributed by atoms with Crippen LogP contribution in [0, 0.1) is 0 Å². The molecule has 0 aliphatic carbocycles. The van der Waals surface area contributed by atoms with Gasteiger partial charge in [0, 0.05) is 12.8 Å². The summed E-state index contributed by atoms with van der Waals surface area (Å²) in [7, 11) is 0. The molecule has 0 bridgehead atoms. The summed E-state index contributed by atoms with van der Waals surface area (Å²) in [6, 6.07) is 7.16. The van der Waals surface area contributed by atoms with Crippen molar-refractivity contribution in [3.63, 3.8) is 0 Å². The molecular formula is C15H16O4. The number of esters is 1. The zero-order valence-electron chi connectivity index (χ0n) is 10.5. The summed E-state index contributed by atoms with van der Waals surface area (Å²) in [5.41, 5.74) is 1.34. The van der Waals surface area contributed by atoms with Gasteiger partial charge in [-0.3, -0.25) is 4.79 Å². The quantitative estimate of drug-likeness (QED) is 0.721. The standard InChI is InChI=1S/C15H16O4/c16-12-6-3-5-11-4-1-2-7-14(11)15(18)19-9-8-13(17)10-12/h1-4,6-7,13,17H,5,8-10H2/b6-3+. The van der Waals surface area contributed by atoms with Crippen LogP contribution in [0.4, 0.5) is 0 Å². The average molecular weight is 260 g/mol. The molecule has 2 rings (SSSR count). The Morgan fingerprint density at radius 3 is 2.84 bits per heavy atom. The number of aliphatic hydroxyl groups is 1. The number of cyclic esters (lactones) is 1. The van der Waals surface area contributed by atoms with Crippen LogP contribution in [0.5, 0.6) is 0 Å². The van der Waals surface area contributed by atoms with Crippen molar-refractivity contribution in [2.75, 3.05) is 6.61 Å². The van der Waals surface area contributed by atoms with E-state index in [0.717, 1.165) is 5.56 Å². The minimum absolute atomic E-state index is 0.0652. The van der Waals surface area contributed by atoms with E-state index in [2.05, 4.69) is 0 Å². The number of ketones is 1. The van der Waals surface area contributed by atoms with Gasteiger partial charge in [-0.2, -0.15) is 0 Å². The Kier molecular flexibility index (Phi) is 4.47. The second-order valence-electron chi connectivity index (χ2n) is 4.51. The molecule has 1 atom stereocenters. The van der Waals surface area contributed by atoms with E-state index in [4.69, 9.17) is 4.74 Å². The van der Waals surface area contributed by atoms with Crippen molar-refractivity contribution in [3.05, 3.63) is 47.5 Å². The third-order valence-electron chi connectivity index (χ3n) is 3.00. The normalized spacial score (nSPS) is 22.7. The molecule has 1 aliphatic rings. The molecule has 100 valence electrons. The molecular weight excluding hydrogens is 244 g/mol. The van der Waals surface area contributed by atoms with E-state index in [1.54, 1.807) is 18.2 Å². The second-order valence-corrected chi connectivity index (χ2v) is 4.51. The molecule has 0 aromatic heterocycles. The summed E-state index contributed by atoms with van der Waals surface area (Å²) in [4.78, 5) is 23.4. The Hall–Kier alpha value is -1.94. The molecule has 1 aromatic rings. The lowest BCUT2D eigenvalue weighted by molar-refractivity contribution is -0.116. The van der Waals surface area contributed by atoms with Gasteiger partial charge in [-0.1, -0.05) is 24.3 Å². The van der Waals surface area contributed by atoms with Gasteiger partial charge < -0.3 is 9.84 Å². The molecule has 1 N–H and O–H groups in total. The van der Waals surface area contributed by atoms with Crippen molar-refractivity contribution in [1.82, 2.24) is 0 Å². The number of benzene rings is 1. The van der Waals surface area contributed by atoms with Crippen LogP contribution in [0.25, 0.3) is 0 Å². The first-order valence-corrected chi connectivity index (χ1v) is 6.29. The van der Waals surface area contributed by atoms with Crippen molar-refractivity contribution >= 4 is 11.8 Å². The molecule has 1 heterocycles. The van der Waals surface area contributed by atoms with Crippen molar-refractivity contribution in [3.8, 4) is 0 Å². The van der Waals surface area contributed by atoms with Crippen molar-refractivity contribution in [1.29, 1.82) is 0 Å². The molecule has 0 radical (unpaired) electrons. The van der Waals surface area contributed by atoms with Crippen LogP contribution in [0.1, 0.15) is 28.8 Å². The Morgan fingerprint density at radius 2 is 2.00 bits per heavy atom. The summed E-state index contributed by atoms with van der Waals surface area (Å²) in [6.07, 6.45) is 3.24. The Balaban J connectivity index is 2.24. The van der Waals surface area contributed by atoms with E-state index < -0.39 is 6.10 Å². The van der Waals surface area contributed by atoms with E-state index in [0.29, 0.717) is 12.0 Å². The maximum Gasteiger partial charge on any atom is 0.338 e. The van der Waals surface area contributed by atoms with Gasteiger partial charge in [0.15, 0.2) is 5.78 Å². The van der Waals surface area contributed by atoms with Crippen molar-refractivity contribution in [2.24, 2.45) is 0 Å². The van der Waals surface area contributed by atoms with Gasteiger partial charge >= 0.3 is 5.97 Å². The van der Waals surface area contributed by atoms with Crippen LogP contribution >= 0.6 is 0 Å². The number of carbonyl (C=O) groups is 2. The molecule has 0 saturated heterocycles. The molecule has 4 nitrogen and oxygen atoms in total. The van der Waals surface area contributed by atoms with Gasteiger partial charge in [-0.05, 0) is 24.1 Å². The van der Waals surface area contributed by atoms with Gasteiger partial charge in [-0.15, -0.1) is 0 Å². The lowest BCUT2D eigenvalue weighted by Gasteiger charge is -2.12. The molecule has 4 heteroatoms. The molecule has 0 spiro atoms. The van der Waals surface area contributed by atoms with Gasteiger partial charge in [0.1, 0.15) is 0 Å². The fourth-order valence-electron chi connectivity index (χ4n) is 1.98. The fourth-order valence-corrected chi connectivity index (χ4v) is 1.98. The lowest BCUT2D eigenvalue weighted by Crippen LogP contribution is -2.17. The molecule has 1 unspecified atom stereocenters. The molecule has 1 aliphatic heterocycles. The average Bonchev–Trinajstić information content (AvgIpc) is 2.38. The van der Waals surface area contributed by atoms with Crippen LogP contribution in [0.15, 0.2) is 36.4 Å². The third kappa shape index (κ3) is 3.76. The number of ether oxygens (including phenoxy) is 1. The monoisotopic (exact) mass is 260 g/mol. The summed E-state index contributed by atoms with van der Waals surface area (Å²) in [6.45, 7) is 0.116. The Labute approximate surface area is 111 Å². The van der Waals surface area contributed by atoms with E-state index in [9.17, 15) is 14.7 Å². The van der Waals surface area contributed by atoms with E-state index in [-0.39, 0.29) is 31.2 Å². The van der Waals surface area contributed by atoms with Crippen LogP contribution in [0.3, 0.4) is 0 Å². The van der Waals surface area contributed by atoms with Gasteiger partial charge in [0.05, 0.1) is 18.3 Å². The largest absolute Gasteiger partial charge is 0.462 e. The minimum Gasteiger partial charge on any atom is -0.462 e. The maximum absolute atomic E-state index is 11.9. The number of carbonyl (C=O) groups excluding carboxylic acids is 2. The highest BCUT2D eigenvalue weighted by molar-refractivity contribution is 5.92. The number of fused-ring (bicyclic) bond motifs is 1. The Bertz CT molecular complexity index is 505. The summed E-state index contributed by atoms with van der Waals surface area (Å²) in [5, 5.41) is 9.60. The van der Waals surface area contributed by atoms with Crippen LogP contribution in [-0.2, 0) is 16.0 Å². The van der Waals surface area contributed by atoms with Crippen LogP contribution in [-0.4, -0.2) is 29.6 Å². The van der Waals surface area contributed by atoms with Crippen LogP contribution < -0.4 is 0 Å².